The van der Waals surface area contributed by atoms with Crippen molar-refractivity contribution in [2.45, 2.75) is 12.5 Å². The van der Waals surface area contributed by atoms with Crippen LogP contribution in [-0.2, 0) is 4.79 Å². The van der Waals surface area contributed by atoms with Gasteiger partial charge in [0.05, 0.1) is 40.7 Å². The second-order valence-electron chi connectivity index (χ2n) is 8.24. The van der Waals surface area contributed by atoms with E-state index in [-0.39, 0.29) is 29.1 Å². The number of nitrogens with zero attached hydrogens (tertiary/aromatic N) is 5. The smallest absolute Gasteiger partial charge is 0.246 e. The zero-order chi connectivity index (χ0) is 24.7. The summed E-state index contributed by atoms with van der Waals surface area (Å²) in [4.78, 5) is 24.9. The summed E-state index contributed by atoms with van der Waals surface area (Å²) in [7, 11) is 0. The number of hydrogen-bond donors (Lipinski definition) is 1. The number of fused-ring (bicyclic) bond motifs is 3. The van der Waals surface area contributed by atoms with Gasteiger partial charge < -0.3 is 20.0 Å². The third-order valence-corrected chi connectivity index (χ3v) is 6.61. The predicted molar refractivity (Wildman–Crippen MR) is 132 cm³/mol. The van der Waals surface area contributed by atoms with Gasteiger partial charge in [-0.3, -0.25) is 4.79 Å². The quantitative estimate of drug-likeness (QED) is 0.330. The highest BCUT2D eigenvalue weighted by Crippen LogP contribution is 2.42. The Bertz CT molecular complexity index is 1530. The van der Waals surface area contributed by atoms with Crippen LogP contribution in [0.4, 0.5) is 15.9 Å². The molecule has 2 aromatic carbocycles. The summed E-state index contributed by atoms with van der Waals surface area (Å²) in [5.41, 5.74) is 8.30. The van der Waals surface area contributed by atoms with E-state index in [4.69, 9.17) is 21.8 Å². The number of carbonyl (C=O) groups is 1. The molecule has 1 aliphatic heterocycles. The Labute approximate surface area is 205 Å². The Balaban J connectivity index is 1.65. The lowest BCUT2D eigenvalue weighted by molar-refractivity contribution is -0.128. The molecular weight excluding hydrogens is 471 g/mol. The summed E-state index contributed by atoms with van der Waals surface area (Å²) in [6, 6.07) is 8.22. The number of amides is 1. The highest BCUT2D eigenvalue weighted by Gasteiger charge is 2.31. The third-order valence-electron chi connectivity index (χ3n) is 6.23. The van der Waals surface area contributed by atoms with Gasteiger partial charge in [-0.1, -0.05) is 18.2 Å². The molecule has 3 heterocycles. The van der Waals surface area contributed by atoms with E-state index in [2.05, 4.69) is 22.6 Å². The molecule has 176 valence electrons. The molecule has 10 heteroatoms. The van der Waals surface area contributed by atoms with E-state index in [0.29, 0.717) is 58.5 Å². The molecule has 1 unspecified atom stereocenters. The van der Waals surface area contributed by atoms with Gasteiger partial charge in [0.2, 0.25) is 5.91 Å². The van der Waals surface area contributed by atoms with Gasteiger partial charge in [0.25, 0.3) is 0 Å². The zero-order valence-electron chi connectivity index (χ0n) is 18.5. The van der Waals surface area contributed by atoms with Crippen molar-refractivity contribution >= 4 is 50.9 Å². The number of hydrogen-bond acceptors (Lipinski definition) is 7. The highest BCUT2D eigenvalue weighted by molar-refractivity contribution is 6.34. The zero-order valence-corrected chi connectivity index (χ0v) is 19.3. The van der Waals surface area contributed by atoms with E-state index in [0.717, 1.165) is 0 Å². The number of furan rings is 1. The molecule has 4 aromatic rings. The molecule has 35 heavy (non-hydrogen) atoms. The largest absolute Gasteiger partial charge is 0.463 e. The van der Waals surface area contributed by atoms with Crippen molar-refractivity contribution in [3.05, 3.63) is 60.4 Å². The van der Waals surface area contributed by atoms with Crippen LogP contribution >= 0.6 is 11.6 Å². The Morgan fingerprint density at radius 1 is 1.34 bits per heavy atom. The van der Waals surface area contributed by atoms with Crippen LogP contribution in [-0.4, -0.2) is 46.5 Å². The van der Waals surface area contributed by atoms with Gasteiger partial charge in [-0.05, 0) is 35.9 Å². The number of benzene rings is 2. The predicted octanol–water partition coefficient (Wildman–Crippen LogP) is 4.53. The average molecular weight is 491 g/mol. The molecule has 0 spiro atoms. The monoisotopic (exact) mass is 490 g/mol. The Kier molecular flexibility index (Phi) is 5.75. The van der Waals surface area contributed by atoms with Crippen LogP contribution in [0, 0.1) is 17.1 Å². The summed E-state index contributed by atoms with van der Waals surface area (Å²) in [6.45, 7) is 4.90. The van der Waals surface area contributed by atoms with Crippen molar-refractivity contribution in [3.8, 4) is 17.2 Å². The number of carbonyl (C=O) groups excluding carboxylic acids is 1. The van der Waals surface area contributed by atoms with E-state index in [1.807, 2.05) is 11.0 Å². The summed E-state index contributed by atoms with van der Waals surface area (Å²) in [6.07, 6.45) is 4.43. The van der Waals surface area contributed by atoms with Gasteiger partial charge in [0, 0.05) is 36.3 Å². The van der Waals surface area contributed by atoms with Gasteiger partial charge in [-0.2, -0.15) is 5.26 Å². The van der Waals surface area contributed by atoms with Gasteiger partial charge >= 0.3 is 0 Å². The lowest BCUT2D eigenvalue weighted by atomic mass is 9.98. The maximum Gasteiger partial charge on any atom is 0.246 e. The molecule has 0 bridgehead atoms. The first-order valence-electron chi connectivity index (χ1n) is 10.9. The third kappa shape index (κ3) is 3.82. The van der Waals surface area contributed by atoms with Gasteiger partial charge in [-0.25, -0.2) is 14.4 Å². The fourth-order valence-corrected chi connectivity index (χ4v) is 4.86. The minimum atomic E-state index is -0.614. The Morgan fingerprint density at radius 2 is 2.17 bits per heavy atom. The lowest BCUT2D eigenvalue weighted by Gasteiger charge is -2.41. The van der Waals surface area contributed by atoms with Crippen molar-refractivity contribution in [1.82, 2.24) is 14.9 Å². The second kappa shape index (κ2) is 8.89. The number of nitriles is 1. The molecule has 0 aliphatic carbocycles. The fraction of sp³-hybridized carbons (Fsp3) is 0.200. The first-order valence-corrected chi connectivity index (χ1v) is 11.3. The number of nitrogens with two attached hydrogens (primary N) is 1. The fourth-order valence-electron chi connectivity index (χ4n) is 4.65. The summed E-state index contributed by atoms with van der Waals surface area (Å²) in [5, 5.41) is 10.7. The normalized spacial score (nSPS) is 16.0. The van der Waals surface area contributed by atoms with Crippen molar-refractivity contribution in [3.63, 3.8) is 0 Å². The van der Waals surface area contributed by atoms with Crippen LogP contribution in [0.25, 0.3) is 33.0 Å². The van der Waals surface area contributed by atoms with Crippen LogP contribution in [0.2, 0.25) is 5.02 Å². The number of anilines is 2. The molecule has 2 N–H and O–H groups in total. The number of rotatable bonds is 4. The topological polar surface area (TPSA) is 112 Å². The van der Waals surface area contributed by atoms with E-state index in [1.54, 1.807) is 23.3 Å². The maximum atomic E-state index is 14.4. The standard InChI is InChI=1S/C25H20ClFN6O2/c1-2-21(34)33-7-6-32(12-15(33)3-5-28)25-22-20(30-13-31-25)11-17(16-4-8-35-24(16)22)18-9-14(29)10-19(27)23(18)26/h2,4,8-11,13,15H,1,3,6-7,12,29H2. The highest BCUT2D eigenvalue weighted by atomic mass is 35.5. The Hall–Kier alpha value is -4.16. The molecule has 1 atom stereocenters. The van der Waals surface area contributed by atoms with E-state index < -0.39 is 5.82 Å². The van der Waals surface area contributed by atoms with Crippen LogP contribution in [0.15, 0.2) is 53.9 Å². The summed E-state index contributed by atoms with van der Waals surface area (Å²) < 4.78 is 20.2. The van der Waals surface area contributed by atoms with Crippen molar-refractivity contribution in [1.29, 1.82) is 5.26 Å². The van der Waals surface area contributed by atoms with E-state index in [1.165, 1.54) is 18.5 Å². The van der Waals surface area contributed by atoms with Crippen molar-refractivity contribution in [2.24, 2.45) is 0 Å². The molecule has 5 rings (SSSR count). The summed E-state index contributed by atoms with van der Waals surface area (Å²) in [5.74, 6) is -0.195. The van der Waals surface area contributed by atoms with Crippen LogP contribution in [0.5, 0.6) is 0 Å². The first kappa shape index (κ1) is 22.6. The second-order valence-corrected chi connectivity index (χ2v) is 8.62. The molecule has 0 saturated carbocycles. The average Bonchev–Trinajstić information content (AvgIpc) is 3.35. The van der Waals surface area contributed by atoms with Gasteiger partial charge in [0.15, 0.2) is 0 Å². The van der Waals surface area contributed by atoms with Crippen LogP contribution in [0.3, 0.4) is 0 Å². The molecule has 1 saturated heterocycles. The minimum absolute atomic E-state index is 0.0438. The number of halogens is 2. The molecule has 2 aromatic heterocycles. The number of piperazine rings is 1. The number of nitrogen functional groups attached to an aromatic ring is 1. The molecular formula is C25H20ClFN6O2. The molecule has 8 nitrogen and oxygen atoms in total. The Morgan fingerprint density at radius 3 is 2.94 bits per heavy atom. The van der Waals surface area contributed by atoms with E-state index in [9.17, 15) is 14.4 Å². The van der Waals surface area contributed by atoms with Gasteiger partial charge in [0.1, 0.15) is 23.5 Å². The van der Waals surface area contributed by atoms with Crippen molar-refractivity contribution in [2.75, 3.05) is 30.3 Å². The van der Waals surface area contributed by atoms with Gasteiger partial charge in [-0.15, -0.1) is 0 Å². The van der Waals surface area contributed by atoms with Crippen molar-refractivity contribution < 1.29 is 13.6 Å². The molecule has 0 radical (unpaired) electrons. The number of aromatic nitrogens is 2. The summed E-state index contributed by atoms with van der Waals surface area (Å²) >= 11 is 6.30. The lowest BCUT2D eigenvalue weighted by Crippen LogP contribution is -2.55. The van der Waals surface area contributed by atoms with Crippen LogP contribution < -0.4 is 10.6 Å². The molecule has 1 amide bonds. The molecule has 1 fully saturated rings. The molecule has 1 aliphatic rings. The first-order chi connectivity index (χ1) is 16.9. The maximum absolute atomic E-state index is 14.4. The van der Waals surface area contributed by atoms with E-state index >= 15 is 0 Å². The van der Waals surface area contributed by atoms with Crippen LogP contribution in [0.1, 0.15) is 6.42 Å². The minimum Gasteiger partial charge on any atom is -0.463 e. The SMILES string of the molecule is C=CC(=O)N1CCN(c2ncnc3cc(-c4cc(N)cc(F)c4Cl)c4ccoc4c23)CC1CC#N.